The van der Waals surface area contributed by atoms with Gasteiger partial charge in [-0.05, 0) is 49.4 Å². The molecule has 0 aliphatic carbocycles. The molecule has 0 amide bonds. The molecule has 6 heteroatoms. The number of likely N-dealkylation sites (N-methyl/N-ethyl adjacent to an activating group) is 1. The third-order valence-corrected chi connectivity index (χ3v) is 4.21. The van der Waals surface area contributed by atoms with Crippen LogP contribution in [0.2, 0.25) is 5.02 Å². The molecular weight excluding hydrogens is 326 g/mol. The van der Waals surface area contributed by atoms with Gasteiger partial charge in [-0.2, -0.15) is 0 Å². The summed E-state index contributed by atoms with van der Waals surface area (Å²) < 4.78 is 1.89. The van der Waals surface area contributed by atoms with Gasteiger partial charge < -0.3 is 14.6 Å². The van der Waals surface area contributed by atoms with Crippen molar-refractivity contribution in [1.82, 2.24) is 14.3 Å². The fourth-order valence-corrected chi connectivity index (χ4v) is 2.89. The number of phenols is 1. The molecule has 0 radical (unpaired) electrons. The van der Waals surface area contributed by atoms with E-state index >= 15 is 0 Å². The van der Waals surface area contributed by atoms with Crippen molar-refractivity contribution in [2.75, 3.05) is 13.6 Å². The molecule has 5 nitrogen and oxygen atoms in total. The van der Waals surface area contributed by atoms with Crippen LogP contribution in [0.3, 0.4) is 0 Å². The van der Waals surface area contributed by atoms with Crippen molar-refractivity contribution < 1.29 is 10.2 Å². The van der Waals surface area contributed by atoms with Crippen molar-refractivity contribution in [3.63, 3.8) is 0 Å². The molecule has 3 rings (SSSR count). The molecule has 1 aromatic carbocycles. The number of hydrogen-bond acceptors (Lipinski definition) is 4. The fraction of sp³-hybridized carbons (Fsp3) is 0.278. The number of fused-ring (bicyclic) bond motifs is 1. The summed E-state index contributed by atoms with van der Waals surface area (Å²) in [5.41, 5.74) is 3.30. The van der Waals surface area contributed by atoms with Gasteiger partial charge in [0.1, 0.15) is 11.4 Å². The SMILES string of the molecule is Cc1cc(C(O)CN(C)Cc2cn3cc(Cl)ccc3n2)ccc1O. The van der Waals surface area contributed by atoms with Gasteiger partial charge in [0.15, 0.2) is 0 Å². The molecule has 0 saturated heterocycles. The molecule has 3 aromatic rings. The number of rotatable bonds is 5. The summed E-state index contributed by atoms with van der Waals surface area (Å²) in [7, 11) is 1.94. The van der Waals surface area contributed by atoms with Crippen LogP contribution >= 0.6 is 11.6 Å². The van der Waals surface area contributed by atoms with Gasteiger partial charge in [-0.3, -0.25) is 4.90 Å². The van der Waals surface area contributed by atoms with Crippen LogP contribution in [0.1, 0.15) is 22.9 Å². The lowest BCUT2D eigenvalue weighted by Crippen LogP contribution is -2.24. The molecule has 0 aliphatic rings. The average Bonchev–Trinajstić information content (AvgIpc) is 2.90. The average molecular weight is 346 g/mol. The van der Waals surface area contributed by atoms with Gasteiger partial charge in [0.2, 0.25) is 0 Å². The van der Waals surface area contributed by atoms with Gasteiger partial charge in [-0.15, -0.1) is 0 Å². The second-order valence-electron chi connectivity index (χ2n) is 6.10. The standard InChI is InChI=1S/C18H20ClN3O2/c1-12-7-13(3-5-16(12)23)17(24)11-21(2)9-15-10-22-8-14(19)4-6-18(22)20-15/h3-8,10,17,23-24H,9,11H2,1-2H3. The lowest BCUT2D eigenvalue weighted by Gasteiger charge is -2.20. The highest BCUT2D eigenvalue weighted by Gasteiger charge is 2.13. The first-order valence-corrected chi connectivity index (χ1v) is 8.09. The van der Waals surface area contributed by atoms with Crippen LogP contribution in [0.15, 0.2) is 42.7 Å². The second kappa shape index (κ2) is 6.81. The molecule has 1 atom stereocenters. The number of phenolic OH excluding ortho intramolecular Hbond substituents is 1. The maximum Gasteiger partial charge on any atom is 0.137 e. The molecule has 0 bridgehead atoms. The molecule has 2 N–H and O–H groups in total. The summed E-state index contributed by atoms with van der Waals surface area (Å²) in [4.78, 5) is 6.56. The third kappa shape index (κ3) is 3.70. The number of aromatic nitrogens is 2. The molecule has 2 heterocycles. The Kier molecular flexibility index (Phi) is 4.76. The van der Waals surface area contributed by atoms with E-state index in [1.54, 1.807) is 18.2 Å². The summed E-state index contributed by atoms with van der Waals surface area (Å²) in [5.74, 6) is 0.239. The molecule has 0 fully saturated rings. The summed E-state index contributed by atoms with van der Waals surface area (Å²) in [6.45, 7) is 2.91. The maximum atomic E-state index is 10.4. The molecule has 0 spiro atoms. The van der Waals surface area contributed by atoms with Crippen molar-refractivity contribution in [3.05, 3.63) is 64.6 Å². The summed E-state index contributed by atoms with van der Waals surface area (Å²) >= 11 is 5.98. The molecule has 126 valence electrons. The van der Waals surface area contributed by atoms with Crippen molar-refractivity contribution in [2.45, 2.75) is 19.6 Å². The topological polar surface area (TPSA) is 61.0 Å². The summed E-state index contributed by atoms with van der Waals surface area (Å²) in [6.07, 6.45) is 3.14. The van der Waals surface area contributed by atoms with E-state index in [0.717, 1.165) is 22.5 Å². The van der Waals surface area contributed by atoms with E-state index in [2.05, 4.69) is 4.98 Å². The highest BCUT2D eigenvalue weighted by molar-refractivity contribution is 6.30. The predicted octanol–water partition coefficient (Wildman–Crippen LogP) is 3.17. The van der Waals surface area contributed by atoms with E-state index in [9.17, 15) is 10.2 Å². The molecule has 1 unspecified atom stereocenters. The monoisotopic (exact) mass is 345 g/mol. The van der Waals surface area contributed by atoms with E-state index in [0.29, 0.717) is 18.1 Å². The first-order chi connectivity index (χ1) is 11.4. The number of imidazole rings is 1. The van der Waals surface area contributed by atoms with E-state index in [-0.39, 0.29) is 5.75 Å². The minimum atomic E-state index is -0.624. The molecular formula is C18H20ClN3O2. The van der Waals surface area contributed by atoms with Crippen LogP contribution in [0.25, 0.3) is 5.65 Å². The van der Waals surface area contributed by atoms with Gasteiger partial charge in [0.25, 0.3) is 0 Å². The van der Waals surface area contributed by atoms with Crippen LogP contribution < -0.4 is 0 Å². The maximum absolute atomic E-state index is 10.4. The number of hydrogen-bond donors (Lipinski definition) is 2. The Morgan fingerprint density at radius 1 is 1.25 bits per heavy atom. The van der Waals surface area contributed by atoms with Gasteiger partial charge in [0, 0.05) is 25.5 Å². The Labute approximate surface area is 145 Å². The Bertz CT molecular complexity index is 863. The molecule has 0 aliphatic heterocycles. The Balaban J connectivity index is 1.67. The minimum Gasteiger partial charge on any atom is -0.508 e. The lowest BCUT2D eigenvalue weighted by atomic mass is 10.1. The molecule has 2 aromatic heterocycles. The number of nitrogens with zero attached hydrogens (tertiary/aromatic N) is 3. The summed E-state index contributed by atoms with van der Waals surface area (Å²) in [5, 5.41) is 20.6. The number of aryl methyl sites for hydroxylation is 1. The Morgan fingerprint density at radius 2 is 2.04 bits per heavy atom. The third-order valence-electron chi connectivity index (χ3n) is 3.99. The number of aliphatic hydroxyl groups is 1. The smallest absolute Gasteiger partial charge is 0.137 e. The molecule has 24 heavy (non-hydrogen) atoms. The quantitative estimate of drug-likeness (QED) is 0.745. The number of pyridine rings is 1. The number of aliphatic hydroxyl groups excluding tert-OH is 1. The highest BCUT2D eigenvalue weighted by atomic mass is 35.5. The van der Waals surface area contributed by atoms with Gasteiger partial charge in [-0.25, -0.2) is 4.98 Å². The van der Waals surface area contributed by atoms with Crippen molar-refractivity contribution in [1.29, 1.82) is 0 Å². The van der Waals surface area contributed by atoms with E-state index in [1.807, 2.05) is 47.8 Å². The predicted molar refractivity (Wildman–Crippen MR) is 94.3 cm³/mol. The normalized spacial score (nSPS) is 12.9. The Morgan fingerprint density at radius 3 is 2.79 bits per heavy atom. The Hall–Kier alpha value is -2.08. The van der Waals surface area contributed by atoms with Gasteiger partial charge >= 0.3 is 0 Å². The molecule has 0 saturated carbocycles. The number of halogens is 1. The first kappa shape index (κ1) is 16.8. The van der Waals surface area contributed by atoms with Crippen molar-refractivity contribution in [3.8, 4) is 5.75 Å². The van der Waals surface area contributed by atoms with Crippen LogP contribution in [-0.4, -0.2) is 38.1 Å². The van der Waals surface area contributed by atoms with Crippen molar-refractivity contribution in [2.24, 2.45) is 0 Å². The minimum absolute atomic E-state index is 0.239. The fourth-order valence-electron chi connectivity index (χ4n) is 2.72. The van der Waals surface area contributed by atoms with E-state index in [1.165, 1.54) is 0 Å². The zero-order chi connectivity index (χ0) is 17.3. The summed E-state index contributed by atoms with van der Waals surface area (Å²) in [6, 6.07) is 8.85. The second-order valence-corrected chi connectivity index (χ2v) is 6.54. The van der Waals surface area contributed by atoms with Gasteiger partial charge in [0.05, 0.1) is 16.8 Å². The largest absolute Gasteiger partial charge is 0.508 e. The number of benzene rings is 1. The van der Waals surface area contributed by atoms with Crippen LogP contribution in [0.4, 0.5) is 0 Å². The number of aromatic hydroxyl groups is 1. The lowest BCUT2D eigenvalue weighted by molar-refractivity contribution is 0.123. The zero-order valence-corrected chi connectivity index (χ0v) is 14.4. The van der Waals surface area contributed by atoms with E-state index in [4.69, 9.17) is 11.6 Å². The van der Waals surface area contributed by atoms with Crippen LogP contribution in [0.5, 0.6) is 5.75 Å². The van der Waals surface area contributed by atoms with Crippen LogP contribution in [-0.2, 0) is 6.54 Å². The van der Waals surface area contributed by atoms with E-state index < -0.39 is 6.10 Å². The van der Waals surface area contributed by atoms with Crippen molar-refractivity contribution >= 4 is 17.2 Å². The highest BCUT2D eigenvalue weighted by Crippen LogP contribution is 2.22. The first-order valence-electron chi connectivity index (χ1n) is 7.71. The zero-order valence-electron chi connectivity index (χ0n) is 13.6. The van der Waals surface area contributed by atoms with Gasteiger partial charge in [-0.1, -0.05) is 17.7 Å². The van der Waals surface area contributed by atoms with Crippen LogP contribution in [0, 0.1) is 6.92 Å².